The predicted octanol–water partition coefficient (Wildman–Crippen LogP) is 1.34. The average Bonchev–Trinajstić information content (AvgIpc) is 2.07. The maximum atomic E-state index is 7.93. The van der Waals surface area contributed by atoms with Crippen LogP contribution in [0.3, 0.4) is 0 Å². The Bertz CT molecular complexity index is 252. The highest BCUT2D eigenvalue weighted by Crippen LogP contribution is 1.98. The molecule has 55 valence electrons. The monoisotopic (exact) mass is 147 g/mol. The molecule has 0 aliphatic rings. The van der Waals surface area contributed by atoms with E-state index in [1.54, 1.807) is 0 Å². The van der Waals surface area contributed by atoms with Gasteiger partial charge in [-0.2, -0.15) is 0 Å². The summed E-state index contributed by atoms with van der Waals surface area (Å²) < 4.78 is 4.70. The van der Waals surface area contributed by atoms with Crippen molar-refractivity contribution < 1.29 is 9.53 Å². The van der Waals surface area contributed by atoms with Gasteiger partial charge in [-0.1, -0.05) is 30.3 Å². The zero-order valence-electron chi connectivity index (χ0n) is 5.90. The smallest absolute Gasteiger partial charge is 0.419 e. The second-order valence-corrected chi connectivity index (χ2v) is 1.97. The Balaban J connectivity index is 2.45. The van der Waals surface area contributed by atoms with Crippen LogP contribution < -0.4 is 0 Å². The van der Waals surface area contributed by atoms with Gasteiger partial charge in [0, 0.05) is 0 Å². The molecule has 0 amide bonds. The van der Waals surface area contributed by atoms with E-state index in [9.17, 15) is 0 Å². The van der Waals surface area contributed by atoms with Gasteiger partial charge in [-0.3, -0.25) is 0 Å². The zero-order valence-corrected chi connectivity index (χ0v) is 5.90. The lowest BCUT2D eigenvalue weighted by molar-refractivity contribution is -0.0289. The third kappa shape index (κ3) is 2.65. The summed E-state index contributed by atoms with van der Waals surface area (Å²) in [5, 5.41) is 0. The fraction of sp³-hybridized carbons (Fsp3) is 0.125. The van der Waals surface area contributed by atoms with E-state index in [1.807, 2.05) is 36.7 Å². The van der Waals surface area contributed by atoms with Crippen LogP contribution in [0.4, 0.5) is 0 Å². The number of rotatable bonds is 3. The molecule has 1 aromatic rings. The Hall–Kier alpha value is -1.60. The second-order valence-electron chi connectivity index (χ2n) is 1.97. The zero-order chi connectivity index (χ0) is 7.94. The fourth-order valence-electron chi connectivity index (χ4n) is 0.719. The van der Waals surface area contributed by atoms with Crippen LogP contribution >= 0.6 is 0 Å². The van der Waals surface area contributed by atoms with Crippen LogP contribution in [0.25, 0.3) is 5.53 Å². The Morgan fingerprint density at radius 2 is 2.09 bits per heavy atom. The molecule has 0 saturated carbocycles. The molecule has 1 radical (unpaired) electrons. The van der Waals surface area contributed by atoms with Gasteiger partial charge in [0.25, 0.3) is 0 Å². The van der Waals surface area contributed by atoms with Gasteiger partial charge in [0.05, 0.1) is 0 Å². The molecular weight excluding hydrogens is 140 g/mol. The van der Waals surface area contributed by atoms with Crippen molar-refractivity contribution in [1.29, 1.82) is 0 Å². The van der Waals surface area contributed by atoms with Gasteiger partial charge in [-0.25, -0.2) is 0 Å². The third-order valence-electron chi connectivity index (χ3n) is 1.19. The molecule has 0 atom stereocenters. The summed E-state index contributed by atoms with van der Waals surface area (Å²) in [7, 11) is 0. The first-order valence-electron chi connectivity index (χ1n) is 3.18. The van der Waals surface area contributed by atoms with Crippen LogP contribution in [0.15, 0.2) is 30.3 Å². The van der Waals surface area contributed by atoms with E-state index >= 15 is 0 Å². The van der Waals surface area contributed by atoms with Gasteiger partial charge in [0.1, 0.15) is 6.61 Å². The van der Waals surface area contributed by atoms with Crippen LogP contribution in [-0.4, -0.2) is 11.2 Å². The highest BCUT2D eigenvalue weighted by Gasteiger charge is 1.90. The molecule has 0 aliphatic carbocycles. The first-order valence-corrected chi connectivity index (χ1v) is 3.18. The maximum Gasteiger partial charge on any atom is 0.608 e. The molecule has 0 spiro atoms. The molecule has 3 heteroatoms. The molecule has 0 saturated heterocycles. The van der Waals surface area contributed by atoms with E-state index in [0.717, 1.165) is 5.56 Å². The van der Waals surface area contributed by atoms with Crippen LogP contribution in [0, 0.1) is 0 Å². The molecule has 1 aromatic carbocycles. The van der Waals surface area contributed by atoms with E-state index in [2.05, 4.69) is 4.79 Å². The Labute approximate surface area is 64.9 Å². The Kier molecular flexibility index (Phi) is 2.90. The molecule has 11 heavy (non-hydrogen) atoms. The first kappa shape index (κ1) is 7.51. The van der Waals surface area contributed by atoms with Crippen molar-refractivity contribution in [1.82, 2.24) is 0 Å². The largest absolute Gasteiger partial charge is 0.608 e. The van der Waals surface area contributed by atoms with Crippen molar-refractivity contribution in [2.45, 2.75) is 6.61 Å². The number of hydrogen-bond acceptors (Lipinski definition) is 1. The van der Waals surface area contributed by atoms with Crippen molar-refractivity contribution in [2.24, 2.45) is 0 Å². The van der Waals surface area contributed by atoms with Gasteiger partial charge in [0.15, 0.2) is 0 Å². The molecule has 0 fully saturated rings. The number of hydrogen-bond donors (Lipinski definition) is 0. The average molecular weight is 147 g/mol. The second kappa shape index (κ2) is 4.25. The van der Waals surface area contributed by atoms with Crippen molar-refractivity contribution in [3.05, 3.63) is 41.4 Å². The lowest BCUT2D eigenvalue weighted by Gasteiger charge is -1.93. The standard InChI is InChI=1S/C8H7N2O/c9-10-7-11-6-8-4-2-1-3-5-8/h1-5H,6H2. The van der Waals surface area contributed by atoms with Gasteiger partial charge in [-0.05, 0) is 5.56 Å². The van der Waals surface area contributed by atoms with Crippen molar-refractivity contribution in [3.8, 4) is 0 Å². The molecule has 0 aromatic heterocycles. The molecular formula is C8H7N2O. The molecule has 1 rings (SSSR count). The van der Waals surface area contributed by atoms with E-state index in [1.165, 1.54) is 0 Å². The first-order chi connectivity index (χ1) is 5.43. The summed E-state index contributed by atoms with van der Waals surface area (Å²) in [5.41, 5.74) is 8.95. The lowest BCUT2D eigenvalue weighted by atomic mass is 10.2. The molecule has 0 N–H and O–H groups in total. The quantitative estimate of drug-likeness (QED) is 0.275. The van der Waals surface area contributed by atoms with Crippen LogP contribution in [-0.2, 0) is 11.3 Å². The summed E-state index contributed by atoms with van der Waals surface area (Å²) in [4.78, 5) is 2.58. The summed E-state index contributed by atoms with van der Waals surface area (Å²) in [5.74, 6) is 0. The minimum Gasteiger partial charge on any atom is -0.419 e. The summed E-state index contributed by atoms with van der Waals surface area (Å²) in [6, 6.07) is 9.58. The summed E-state index contributed by atoms with van der Waals surface area (Å²) >= 11 is 0. The molecule has 0 aliphatic heterocycles. The summed E-state index contributed by atoms with van der Waals surface area (Å²) in [6.45, 7) is 0.380. The normalized spacial score (nSPS) is 8.36. The van der Waals surface area contributed by atoms with E-state index in [4.69, 9.17) is 10.3 Å². The van der Waals surface area contributed by atoms with E-state index in [0.29, 0.717) is 6.61 Å². The lowest BCUT2D eigenvalue weighted by Crippen LogP contribution is -1.89. The maximum absolute atomic E-state index is 7.93. The van der Waals surface area contributed by atoms with Gasteiger partial charge in [0.2, 0.25) is 0 Å². The van der Waals surface area contributed by atoms with Crippen LogP contribution in [0.5, 0.6) is 0 Å². The van der Waals surface area contributed by atoms with E-state index < -0.39 is 0 Å². The predicted molar refractivity (Wildman–Crippen MR) is 39.9 cm³/mol. The third-order valence-corrected chi connectivity index (χ3v) is 1.19. The number of benzene rings is 1. The Morgan fingerprint density at radius 1 is 1.36 bits per heavy atom. The van der Waals surface area contributed by atoms with Gasteiger partial charge < -0.3 is 10.3 Å². The Morgan fingerprint density at radius 3 is 2.73 bits per heavy atom. The SMILES string of the molecule is [N-]=[N+]=[C]OCc1ccccc1. The van der Waals surface area contributed by atoms with Crippen LogP contribution in [0.1, 0.15) is 5.56 Å². The van der Waals surface area contributed by atoms with Crippen molar-refractivity contribution in [2.75, 3.05) is 0 Å². The van der Waals surface area contributed by atoms with E-state index in [-0.39, 0.29) is 0 Å². The molecule has 0 heterocycles. The molecule has 0 unspecified atom stereocenters. The van der Waals surface area contributed by atoms with Gasteiger partial charge in [-0.15, -0.1) is 4.79 Å². The summed E-state index contributed by atoms with van der Waals surface area (Å²) in [6.07, 6.45) is 1.98. The topological polar surface area (TPSA) is 45.6 Å². The number of ether oxygens (including phenoxy) is 1. The number of nitrogens with zero attached hydrogens (tertiary/aromatic N) is 2. The minimum absolute atomic E-state index is 0.380. The fourth-order valence-corrected chi connectivity index (χ4v) is 0.719. The van der Waals surface area contributed by atoms with Crippen LogP contribution in [0.2, 0.25) is 0 Å². The van der Waals surface area contributed by atoms with Crippen molar-refractivity contribution in [3.63, 3.8) is 0 Å². The minimum atomic E-state index is 0.380. The van der Waals surface area contributed by atoms with Gasteiger partial charge >= 0.3 is 6.40 Å². The highest BCUT2D eigenvalue weighted by atomic mass is 16.5. The highest BCUT2D eigenvalue weighted by molar-refractivity contribution is 5.38. The van der Waals surface area contributed by atoms with Crippen molar-refractivity contribution >= 4 is 6.40 Å². The molecule has 0 bridgehead atoms. The molecule has 3 nitrogen and oxygen atoms in total.